The lowest BCUT2D eigenvalue weighted by atomic mass is 10.2. The highest BCUT2D eigenvalue weighted by Gasteiger charge is 2.04. The van der Waals surface area contributed by atoms with Crippen LogP contribution in [0.4, 0.5) is 0 Å². The molecule has 0 radical (unpaired) electrons. The van der Waals surface area contributed by atoms with E-state index in [0.29, 0.717) is 0 Å². The van der Waals surface area contributed by atoms with E-state index in [1.165, 1.54) is 14.2 Å². The molecular formula is C12H28N2O14P2. The predicted molar refractivity (Wildman–Crippen MR) is 99.1 cm³/mol. The molecular weight excluding hydrogens is 458 g/mol. The molecule has 0 fully saturated rings. The number of hydrogen-bond donors (Lipinski definition) is 8. The van der Waals surface area contributed by atoms with E-state index in [4.69, 9.17) is 50.0 Å². The van der Waals surface area contributed by atoms with Gasteiger partial charge in [0, 0.05) is 12.8 Å². The summed E-state index contributed by atoms with van der Waals surface area (Å²) in [7, 11) is -6.70. The summed E-state index contributed by atoms with van der Waals surface area (Å²) in [6, 6.07) is 0. The van der Waals surface area contributed by atoms with Crippen LogP contribution in [0.5, 0.6) is 0 Å². The molecule has 0 heterocycles. The molecule has 0 aliphatic carbocycles. The van der Waals surface area contributed by atoms with Gasteiger partial charge in [-0.2, -0.15) is 0 Å². The first-order valence-electron chi connectivity index (χ1n) is 7.54. The van der Waals surface area contributed by atoms with Crippen LogP contribution in [0, 0.1) is 0 Å². The Kier molecular flexibility index (Phi) is 24.7. The molecule has 0 amide bonds. The standard InChI is InChI=1S/2C6H11NO3.2H3O4P/c2*1-10-6(9)3-2-5(8)4-7;2*1-5(2,3)4/h2*2-4,7H2,1H3;2*(H3,1,2,3,4). The van der Waals surface area contributed by atoms with E-state index in [1.807, 2.05) is 0 Å². The topological polar surface area (TPSA) is 294 Å². The van der Waals surface area contributed by atoms with Gasteiger partial charge >= 0.3 is 27.6 Å². The summed E-state index contributed by atoms with van der Waals surface area (Å²) in [6.07, 6.45) is 0.630. The minimum atomic E-state index is -4.64. The minimum Gasteiger partial charge on any atom is -0.469 e. The third-order valence-electron chi connectivity index (χ3n) is 2.13. The van der Waals surface area contributed by atoms with Crippen LogP contribution in [0.25, 0.3) is 0 Å². The summed E-state index contributed by atoms with van der Waals surface area (Å²) in [5.41, 5.74) is 10.00. The maximum atomic E-state index is 10.5. The van der Waals surface area contributed by atoms with E-state index < -0.39 is 15.6 Å². The predicted octanol–water partition coefficient (Wildman–Crippen LogP) is -2.92. The third-order valence-corrected chi connectivity index (χ3v) is 2.13. The number of nitrogens with two attached hydrogens (primary N) is 2. The van der Waals surface area contributed by atoms with Crippen molar-refractivity contribution in [3.8, 4) is 0 Å². The average molecular weight is 486 g/mol. The SMILES string of the molecule is COC(=O)CCC(=O)CN.COC(=O)CCC(=O)CN.O=P(O)(O)O.O=P(O)(O)O. The number of ketones is 2. The smallest absolute Gasteiger partial charge is 0.466 e. The zero-order valence-electron chi connectivity index (χ0n) is 16.2. The molecule has 0 bridgehead atoms. The molecule has 0 saturated heterocycles. The fraction of sp³-hybridized carbons (Fsp3) is 0.667. The number of ether oxygens (including phenoxy) is 2. The van der Waals surface area contributed by atoms with Crippen LogP contribution in [-0.2, 0) is 37.8 Å². The average Bonchev–Trinajstić information content (AvgIpc) is 2.60. The fourth-order valence-corrected chi connectivity index (χ4v) is 0.891. The van der Waals surface area contributed by atoms with Gasteiger partial charge in [0.2, 0.25) is 0 Å². The van der Waals surface area contributed by atoms with Crippen molar-refractivity contribution in [3.63, 3.8) is 0 Å². The minimum absolute atomic E-state index is 0.00298. The van der Waals surface area contributed by atoms with Gasteiger partial charge in [0.05, 0.1) is 40.2 Å². The van der Waals surface area contributed by atoms with Crippen LogP contribution >= 0.6 is 15.6 Å². The van der Waals surface area contributed by atoms with Crippen LogP contribution in [0.15, 0.2) is 0 Å². The second-order valence-corrected chi connectivity index (χ2v) is 6.72. The number of rotatable bonds is 8. The van der Waals surface area contributed by atoms with Crippen LogP contribution in [0.2, 0.25) is 0 Å². The maximum absolute atomic E-state index is 10.5. The number of Topliss-reactive ketones (excluding diaryl/α,β-unsaturated/α-hetero) is 2. The van der Waals surface area contributed by atoms with Gasteiger partial charge in [-0.1, -0.05) is 0 Å². The number of carbonyl (C=O) groups is 4. The molecule has 0 aromatic heterocycles. The summed E-state index contributed by atoms with van der Waals surface area (Å²) in [5.74, 6) is -0.987. The number of esters is 2. The maximum Gasteiger partial charge on any atom is 0.466 e. The molecule has 0 rings (SSSR count). The van der Waals surface area contributed by atoms with Crippen molar-refractivity contribution >= 4 is 39.2 Å². The largest absolute Gasteiger partial charge is 0.469 e. The van der Waals surface area contributed by atoms with E-state index in [0.717, 1.165) is 0 Å². The molecule has 0 spiro atoms. The Morgan fingerprint density at radius 2 is 0.833 bits per heavy atom. The van der Waals surface area contributed by atoms with Crippen molar-refractivity contribution in [2.75, 3.05) is 27.3 Å². The van der Waals surface area contributed by atoms with Gasteiger partial charge in [-0.05, 0) is 0 Å². The van der Waals surface area contributed by atoms with E-state index in [9.17, 15) is 19.2 Å². The zero-order chi connectivity index (χ0) is 25.0. The summed E-state index contributed by atoms with van der Waals surface area (Å²) in [6.45, 7) is -0.00596. The van der Waals surface area contributed by atoms with Crippen molar-refractivity contribution in [2.24, 2.45) is 11.5 Å². The molecule has 18 heteroatoms. The van der Waals surface area contributed by atoms with Gasteiger partial charge in [-0.15, -0.1) is 0 Å². The molecule has 0 unspecified atom stereocenters. The fourth-order valence-electron chi connectivity index (χ4n) is 0.891. The Balaban J connectivity index is -0.000000159. The summed E-state index contributed by atoms with van der Waals surface area (Å²) in [5, 5.41) is 0. The Morgan fingerprint density at radius 3 is 0.967 bits per heavy atom. The molecule has 0 aromatic rings. The molecule has 16 nitrogen and oxygen atoms in total. The Labute approximate surface area is 171 Å². The second kappa shape index (κ2) is 20.7. The number of methoxy groups -OCH3 is 2. The monoisotopic (exact) mass is 486 g/mol. The third kappa shape index (κ3) is 63.3. The van der Waals surface area contributed by atoms with Crippen LogP contribution < -0.4 is 11.5 Å². The number of phosphoric acid groups is 2. The summed E-state index contributed by atoms with van der Waals surface area (Å²) < 4.78 is 26.4. The second-order valence-electron chi connectivity index (χ2n) is 4.66. The van der Waals surface area contributed by atoms with E-state index in [1.54, 1.807) is 0 Å². The molecule has 0 saturated carbocycles. The molecule has 180 valence electrons. The molecule has 0 aromatic carbocycles. The molecule has 0 atom stereocenters. The van der Waals surface area contributed by atoms with Crippen molar-refractivity contribution in [1.82, 2.24) is 0 Å². The van der Waals surface area contributed by atoms with Gasteiger partial charge in [0.25, 0.3) is 0 Å². The highest BCUT2D eigenvalue weighted by atomic mass is 31.2. The number of hydrogen-bond acceptors (Lipinski definition) is 10. The Bertz CT molecular complexity index is 499. The highest BCUT2D eigenvalue weighted by Crippen LogP contribution is 2.26. The van der Waals surface area contributed by atoms with Crippen molar-refractivity contribution < 1.29 is 67.1 Å². The van der Waals surface area contributed by atoms with Crippen molar-refractivity contribution in [2.45, 2.75) is 25.7 Å². The van der Waals surface area contributed by atoms with E-state index in [2.05, 4.69) is 9.47 Å². The molecule has 0 aliphatic rings. The normalized spacial score (nSPS) is 9.93. The highest BCUT2D eigenvalue weighted by molar-refractivity contribution is 7.45. The zero-order valence-corrected chi connectivity index (χ0v) is 18.0. The quantitative estimate of drug-likeness (QED) is 0.126. The Hall–Kier alpha value is -1.58. The number of carbonyl (C=O) groups excluding carboxylic acids is 4. The van der Waals surface area contributed by atoms with Gasteiger partial charge in [0.15, 0.2) is 0 Å². The molecule has 30 heavy (non-hydrogen) atoms. The summed E-state index contributed by atoms with van der Waals surface area (Å²) in [4.78, 5) is 85.0. The molecule has 10 N–H and O–H groups in total. The van der Waals surface area contributed by atoms with Crippen LogP contribution in [-0.4, -0.2) is 80.2 Å². The summed E-state index contributed by atoms with van der Waals surface area (Å²) >= 11 is 0. The van der Waals surface area contributed by atoms with Crippen molar-refractivity contribution in [1.29, 1.82) is 0 Å². The van der Waals surface area contributed by atoms with E-state index in [-0.39, 0.29) is 62.3 Å². The van der Waals surface area contributed by atoms with Gasteiger partial charge < -0.3 is 50.3 Å². The van der Waals surface area contributed by atoms with Crippen molar-refractivity contribution in [3.05, 3.63) is 0 Å². The first-order valence-corrected chi connectivity index (χ1v) is 10.7. The lowest BCUT2D eigenvalue weighted by Gasteiger charge is -1.95. The van der Waals surface area contributed by atoms with E-state index >= 15 is 0 Å². The Morgan fingerprint density at radius 1 is 0.633 bits per heavy atom. The lowest BCUT2D eigenvalue weighted by molar-refractivity contribution is -0.142. The van der Waals surface area contributed by atoms with Crippen LogP contribution in [0.3, 0.4) is 0 Å². The van der Waals surface area contributed by atoms with Gasteiger partial charge in [0.1, 0.15) is 11.6 Å². The van der Waals surface area contributed by atoms with Crippen LogP contribution in [0.1, 0.15) is 25.7 Å². The van der Waals surface area contributed by atoms with Gasteiger partial charge in [-0.25, -0.2) is 9.13 Å². The first-order chi connectivity index (χ1) is 13.4. The first kappa shape index (κ1) is 35.8. The lowest BCUT2D eigenvalue weighted by Crippen LogP contribution is -2.14. The van der Waals surface area contributed by atoms with Gasteiger partial charge in [-0.3, -0.25) is 19.2 Å². The molecule has 0 aliphatic heterocycles.